The fraction of sp³-hybridized carbons (Fsp3) is 0.514. The molecule has 0 aromatic heterocycles. The molecule has 18 heteroatoms. The largest absolute Gasteiger partial charge is 0.460 e. The van der Waals surface area contributed by atoms with E-state index in [-0.39, 0.29) is 32.5 Å². The van der Waals surface area contributed by atoms with Crippen molar-refractivity contribution in [2.45, 2.75) is 101 Å². The Morgan fingerprint density at radius 1 is 1.11 bits per heavy atom. The quantitative estimate of drug-likeness (QED) is 0.0871. The second kappa shape index (κ2) is 16.2. The number of rotatable bonds is 13. The van der Waals surface area contributed by atoms with Crippen molar-refractivity contribution in [2.24, 2.45) is 5.92 Å². The first-order chi connectivity index (χ1) is 25.9. The molecule has 4 aliphatic rings. The minimum absolute atomic E-state index is 0.0267. The molecule has 0 unspecified atom stereocenters. The van der Waals surface area contributed by atoms with Gasteiger partial charge in [-0.3, -0.25) is 24.0 Å². The number of hydrogen-bond acceptors (Lipinski definition) is 11. The molecule has 2 saturated carbocycles. The highest BCUT2D eigenvalue weighted by Gasteiger charge is 2.62. The Hall–Kier alpha value is -5.26. The number of benzene rings is 1. The number of ether oxygens (including phenoxy) is 3. The van der Waals surface area contributed by atoms with E-state index in [2.05, 4.69) is 21.9 Å². The fourth-order valence-electron chi connectivity index (χ4n) is 6.40. The number of esters is 1. The van der Waals surface area contributed by atoms with Gasteiger partial charge in [0.1, 0.15) is 41.8 Å². The van der Waals surface area contributed by atoms with Crippen molar-refractivity contribution >= 4 is 45.9 Å². The molecule has 55 heavy (non-hydrogen) atoms. The summed E-state index contributed by atoms with van der Waals surface area (Å²) in [6.45, 7) is 9.15. The molecular formula is C37H46FN5O11S. The maximum absolute atomic E-state index is 14.4. The summed E-state index contributed by atoms with van der Waals surface area (Å²) in [6.07, 6.45) is 4.70. The Bertz CT molecular complexity index is 1910. The van der Waals surface area contributed by atoms with Gasteiger partial charge in [-0.1, -0.05) is 36.4 Å². The van der Waals surface area contributed by atoms with Crippen LogP contribution in [-0.2, 0) is 56.5 Å². The number of carbonyl (C=O) groups excluding carboxylic acids is 6. The highest BCUT2D eigenvalue weighted by atomic mass is 32.2. The lowest BCUT2D eigenvalue weighted by Crippen LogP contribution is -2.59. The molecule has 5 rings (SSSR count). The number of amides is 5. The Morgan fingerprint density at radius 3 is 2.45 bits per heavy atom. The zero-order chi connectivity index (χ0) is 40.3. The van der Waals surface area contributed by atoms with Crippen LogP contribution in [0.15, 0.2) is 55.2 Å². The summed E-state index contributed by atoms with van der Waals surface area (Å²) in [4.78, 5) is 82.8. The summed E-state index contributed by atoms with van der Waals surface area (Å²) in [5.41, 5.74) is -1.75. The molecule has 0 spiro atoms. The third-order valence-corrected chi connectivity index (χ3v) is 11.3. The first kappa shape index (κ1) is 40.9. The predicted octanol–water partition coefficient (Wildman–Crippen LogP) is 2.49. The Labute approximate surface area is 318 Å². The Balaban J connectivity index is 1.39. The first-order valence-corrected chi connectivity index (χ1v) is 19.4. The third kappa shape index (κ3) is 9.89. The van der Waals surface area contributed by atoms with E-state index in [1.807, 2.05) is 0 Å². The van der Waals surface area contributed by atoms with Crippen molar-refractivity contribution in [2.75, 3.05) is 13.2 Å². The van der Waals surface area contributed by atoms with Gasteiger partial charge in [-0.05, 0) is 58.6 Å². The molecule has 2 heterocycles. The van der Waals surface area contributed by atoms with Gasteiger partial charge in [-0.2, -0.15) is 0 Å². The number of nitrogens with zero attached hydrogens (tertiary/aromatic N) is 2. The molecule has 298 valence electrons. The smallest absolute Gasteiger partial charge is 0.410 e. The normalized spacial score (nSPS) is 23.8. The second-order valence-corrected chi connectivity index (χ2v) is 16.8. The number of halogens is 1. The van der Waals surface area contributed by atoms with E-state index in [1.54, 1.807) is 45.9 Å². The van der Waals surface area contributed by atoms with Crippen LogP contribution in [0.4, 0.5) is 14.0 Å². The molecule has 5 amide bonds. The highest BCUT2D eigenvalue weighted by Crippen LogP contribution is 2.45. The standard InChI is InChI=1S/C37H46FN5O11S/c1-6-8-9-13-30(44)52-21-28(39-34(48)54-36(3,4)5)32(46)43-19-24(53-35(49)42-18-22-11-10-12-27(38)26(22)20-42)16-29(43)31(45)40-37(17-23(37)7-2)33(47)41-55(50,51)25-14-15-25/h6-13,23-25,28-29H,2,14-21H2,1,3-5H3,(H,39,48)(H,40,45)(H,41,47)/t23-,24-,28+,29+,37-/m1/s1. The van der Waals surface area contributed by atoms with Gasteiger partial charge in [0.15, 0.2) is 0 Å². The van der Waals surface area contributed by atoms with E-state index in [0.29, 0.717) is 24.0 Å². The van der Waals surface area contributed by atoms with E-state index in [1.165, 1.54) is 29.2 Å². The topological polar surface area (TPSA) is 207 Å². The van der Waals surface area contributed by atoms with Crippen molar-refractivity contribution in [1.82, 2.24) is 25.2 Å². The summed E-state index contributed by atoms with van der Waals surface area (Å²) < 4.78 is 58.1. The van der Waals surface area contributed by atoms with E-state index < -0.39 is 98.8 Å². The number of fused-ring (bicyclic) bond motifs is 1. The van der Waals surface area contributed by atoms with E-state index in [4.69, 9.17) is 14.2 Å². The van der Waals surface area contributed by atoms with Gasteiger partial charge in [0.25, 0.3) is 5.91 Å². The number of alkyl carbamates (subject to hydrolysis) is 1. The van der Waals surface area contributed by atoms with Crippen molar-refractivity contribution in [1.29, 1.82) is 0 Å². The zero-order valence-corrected chi connectivity index (χ0v) is 31.9. The van der Waals surface area contributed by atoms with Crippen molar-refractivity contribution < 1.29 is 55.8 Å². The van der Waals surface area contributed by atoms with Crippen LogP contribution in [0.3, 0.4) is 0 Å². The van der Waals surface area contributed by atoms with Crippen molar-refractivity contribution in [3.8, 4) is 0 Å². The molecule has 1 saturated heterocycles. The number of likely N-dealkylation sites (tertiary alicyclic amines) is 1. The molecule has 2 aliphatic carbocycles. The highest BCUT2D eigenvalue weighted by molar-refractivity contribution is 7.91. The van der Waals surface area contributed by atoms with Crippen LogP contribution < -0.4 is 15.4 Å². The Morgan fingerprint density at radius 2 is 1.84 bits per heavy atom. The monoisotopic (exact) mass is 787 g/mol. The van der Waals surface area contributed by atoms with Gasteiger partial charge in [0, 0.05) is 30.5 Å². The number of nitrogens with one attached hydrogen (secondary N) is 3. The number of sulfonamides is 1. The maximum atomic E-state index is 14.4. The number of allylic oxidation sites excluding steroid dienone is 3. The summed E-state index contributed by atoms with van der Waals surface area (Å²) in [6, 6.07) is 1.45. The van der Waals surface area contributed by atoms with E-state index in [9.17, 15) is 41.6 Å². The minimum Gasteiger partial charge on any atom is -0.460 e. The third-order valence-electron chi connectivity index (χ3n) is 9.47. The molecule has 3 N–H and O–H groups in total. The fourth-order valence-corrected chi connectivity index (χ4v) is 7.77. The number of hydrogen-bond donors (Lipinski definition) is 3. The molecule has 2 aliphatic heterocycles. The zero-order valence-electron chi connectivity index (χ0n) is 31.0. The van der Waals surface area contributed by atoms with Gasteiger partial charge >= 0.3 is 18.2 Å². The molecular weight excluding hydrogens is 741 g/mol. The average Bonchev–Trinajstić information content (AvgIpc) is 4.00. The van der Waals surface area contributed by atoms with Gasteiger partial charge in [0.2, 0.25) is 21.8 Å². The SMILES string of the molecule is C=C[C@@H]1C[C@]1(NC(=O)[C@@H]1C[C@@H](OC(=O)N2Cc3cccc(F)c3C2)CN1C(=O)[C@H](COC(=O)C=CC=CC)NC(=O)OC(C)(C)C)C(=O)NS(=O)(=O)C1CC1. The second-order valence-electron chi connectivity index (χ2n) is 14.9. The lowest BCUT2D eigenvalue weighted by molar-refractivity contribution is -0.145. The summed E-state index contributed by atoms with van der Waals surface area (Å²) >= 11 is 0. The molecule has 5 atom stereocenters. The molecule has 0 bridgehead atoms. The van der Waals surface area contributed by atoms with Gasteiger partial charge in [0.05, 0.1) is 18.3 Å². The molecule has 0 radical (unpaired) electrons. The van der Waals surface area contributed by atoms with E-state index in [0.717, 1.165) is 11.0 Å². The van der Waals surface area contributed by atoms with Gasteiger partial charge < -0.3 is 29.7 Å². The van der Waals surface area contributed by atoms with Crippen LogP contribution in [0.25, 0.3) is 0 Å². The van der Waals surface area contributed by atoms with Crippen molar-refractivity contribution in [3.05, 3.63) is 72.1 Å². The molecule has 1 aromatic rings. The van der Waals surface area contributed by atoms with E-state index >= 15 is 0 Å². The van der Waals surface area contributed by atoms with Crippen LogP contribution in [0.5, 0.6) is 0 Å². The predicted molar refractivity (Wildman–Crippen MR) is 193 cm³/mol. The minimum atomic E-state index is -3.99. The molecule has 3 fully saturated rings. The molecule has 16 nitrogen and oxygen atoms in total. The van der Waals surface area contributed by atoms with Crippen LogP contribution >= 0.6 is 0 Å². The summed E-state index contributed by atoms with van der Waals surface area (Å²) in [7, 11) is -3.99. The van der Waals surface area contributed by atoms with Crippen LogP contribution in [0, 0.1) is 11.7 Å². The van der Waals surface area contributed by atoms with Crippen LogP contribution in [0.2, 0.25) is 0 Å². The lowest BCUT2D eigenvalue weighted by Gasteiger charge is -2.30. The van der Waals surface area contributed by atoms with Gasteiger partial charge in [-0.25, -0.2) is 27.2 Å². The first-order valence-electron chi connectivity index (χ1n) is 17.9. The summed E-state index contributed by atoms with van der Waals surface area (Å²) in [5, 5.41) is 4.30. The summed E-state index contributed by atoms with van der Waals surface area (Å²) in [5.74, 6) is -4.72. The van der Waals surface area contributed by atoms with Crippen molar-refractivity contribution in [3.63, 3.8) is 0 Å². The molecule has 1 aromatic carbocycles. The van der Waals surface area contributed by atoms with Gasteiger partial charge in [-0.15, -0.1) is 6.58 Å². The number of carbonyl (C=O) groups is 6. The Kier molecular flexibility index (Phi) is 12.1. The maximum Gasteiger partial charge on any atom is 0.410 e. The van der Waals surface area contributed by atoms with Crippen LogP contribution in [0.1, 0.15) is 64.5 Å². The lowest BCUT2D eigenvalue weighted by atomic mass is 10.1. The average molecular weight is 788 g/mol. The van der Waals surface area contributed by atoms with Crippen LogP contribution in [-0.4, -0.2) is 102 Å².